The van der Waals surface area contributed by atoms with Crippen molar-refractivity contribution >= 4 is 27.4 Å². The van der Waals surface area contributed by atoms with Gasteiger partial charge in [0.15, 0.2) is 0 Å². The lowest BCUT2D eigenvalue weighted by atomic mass is 9.63. The summed E-state index contributed by atoms with van der Waals surface area (Å²) in [4.78, 5) is 10.00. The second-order valence-corrected chi connectivity index (χ2v) is 14.3. The van der Waals surface area contributed by atoms with Crippen LogP contribution < -0.4 is 4.74 Å². The highest BCUT2D eigenvalue weighted by Crippen LogP contribution is 2.62. The van der Waals surface area contributed by atoms with Gasteiger partial charge in [0.1, 0.15) is 11.5 Å². The monoisotopic (exact) mass is 689 g/mol. The van der Waals surface area contributed by atoms with E-state index in [-0.39, 0.29) is 0 Å². The number of nitriles is 1. The van der Waals surface area contributed by atoms with Crippen molar-refractivity contribution in [3.63, 3.8) is 0 Å². The number of pyridine rings is 2. The Labute approximate surface area is 313 Å². The Morgan fingerprint density at radius 3 is 2.04 bits per heavy atom. The van der Waals surface area contributed by atoms with Crippen LogP contribution in [0.15, 0.2) is 175 Å². The fourth-order valence-electron chi connectivity index (χ4n) is 9.16. The molecule has 0 fully saturated rings. The van der Waals surface area contributed by atoms with Crippen molar-refractivity contribution in [1.29, 1.82) is 5.26 Å². The lowest BCUT2D eigenvalue weighted by molar-refractivity contribution is 0.394. The Kier molecular flexibility index (Phi) is 6.62. The summed E-state index contributed by atoms with van der Waals surface area (Å²) in [7, 11) is 0. The van der Waals surface area contributed by atoms with E-state index in [0.29, 0.717) is 5.56 Å². The summed E-state index contributed by atoms with van der Waals surface area (Å²) < 4.78 is 7.10. The van der Waals surface area contributed by atoms with Crippen LogP contribution in [0.3, 0.4) is 0 Å². The third kappa shape index (κ3) is 4.36. The maximum Gasteiger partial charge on any atom is 0.135 e. The molecule has 8 aromatic rings. The van der Waals surface area contributed by atoms with Crippen molar-refractivity contribution in [3.8, 4) is 45.3 Å². The molecule has 2 aliphatic carbocycles. The van der Waals surface area contributed by atoms with Crippen LogP contribution in [0.4, 0.5) is 0 Å². The van der Waals surface area contributed by atoms with Gasteiger partial charge < -0.3 is 4.74 Å². The molecular formula is C50H31N3O. The first-order chi connectivity index (χ1) is 26.7. The molecule has 2 aromatic heterocycles. The van der Waals surface area contributed by atoms with Crippen LogP contribution in [-0.2, 0) is 5.41 Å². The standard InChI is InChI=1S/C50H31N3O/c51-30-31-18-20-32(21-19-31)35-27-36(29-37(28-35)45-25-24-34-23-22-33-9-8-26-52-47(33)48(34)53-45)38-12-7-16-44-49(38)54-46-17-6-5-15-43(46)50(44)41-13-3-1-10-39(41)40-11-2-4-14-42(40)50/h1-6,8-15,17-29H,7,16H2. The van der Waals surface area contributed by atoms with Gasteiger partial charge in [0.05, 0.1) is 33.8 Å². The highest BCUT2D eigenvalue weighted by Gasteiger charge is 2.52. The number of benzene rings is 6. The molecule has 0 saturated carbocycles. The van der Waals surface area contributed by atoms with Gasteiger partial charge in [0.25, 0.3) is 0 Å². The fourth-order valence-corrected chi connectivity index (χ4v) is 9.16. The quantitative estimate of drug-likeness (QED) is 0.173. The van der Waals surface area contributed by atoms with Gasteiger partial charge in [-0.15, -0.1) is 0 Å². The average molecular weight is 690 g/mol. The predicted octanol–water partition coefficient (Wildman–Crippen LogP) is 11.8. The van der Waals surface area contributed by atoms with E-state index in [2.05, 4.69) is 133 Å². The summed E-state index contributed by atoms with van der Waals surface area (Å²) in [5.41, 5.74) is 15.7. The first kappa shape index (κ1) is 30.5. The van der Waals surface area contributed by atoms with Gasteiger partial charge in [-0.1, -0.05) is 109 Å². The molecule has 4 nitrogen and oxygen atoms in total. The first-order valence-electron chi connectivity index (χ1n) is 18.4. The van der Waals surface area contributed by atoms with E-state index < -0.39 is 5.41 Å². The minimum atomic E-state index is -0.474. The number of para-hydroxylation sites is 1. The average Bonchev–Trinajstić information content (AvgIpc) is 3.54. The summed E-state index contributed by atoms with van der Waals surface area (Å²) in [5.74, 6) is 1.81. The van der Waals surface area contributed by atoms with E-state index >= 15 is 0 Å². The van der Waals surface area contributed by atoms with Crippen molar-refractivity contribution in [1.82, 2.24) is 9.97 Å². The van der Waals surface area contributed by atoms with Gasteiger partial charge in [-0.3, -0.25) is 4.98 Å². The fraction of sp³-hybridized carbons (Fsp3) is 0.0600. The Balaban J connectivity index is 1.16. The summed E-state index contributed by atoms with van der Waals surface area (Å²) in [6.07, 6.45) is 5.94. The van der Waals surface area contributed by atoms with Crippen molar-refractivity contribution in [2.45, 2.75) is 18.3 Å². The second-order valence-electron chi connectivity index (χ2n) is 14.3. The van der Waals surface area contributed by atoms with Gasteiger partial charge in [-0.2, -0.15) is 5.26 Å². The Bertz CT molecular complexity index is 2940. The highest BCUT2D eigenvalue weighted by molar-refractivity contribution is 6.03. The summed E-state index contributed by atoms with van der Waals surface area (Å²) in [5, 5.41) is 11.7. The number of rotatable bonds is 3. The highest BCUT2D eigenvalue weighted by atomic mass is 16.5. The first-order valence-corrected chi connectivity index (χ1v) is 18.4. The lowest BCUT2D eigenvalue weighted by Crippen LogP contribution is -2.36. The van der Waals surface area contributed by atoms with Crippen LogP contribution in [0.2, 0.25) is 0 Å². The predicted molar refractivity (Wildman–Crippen MR) is 216 cm³/mol. The van der Waals surface area contributed by atoms with Crippen LogP contribution in [-0.4, -0.2) is 9.97 Å². The van der Waals surface area contributed by atoms with Crippen molar-refractivity contribution in [2.24, 2.45) is 0 Å². The van der Waals surface area contributed by atoms with E-state index in [1.807, 2.05) is 36.5 Å². The van der Waals surface area contributed by atoms with Crippen molar-refractivity contribution in [3.05, 3.63) is 203 Å². The number of aromatic nitrogens is 2. The summed E-state index contributed by atoms with van der Waals surface area (Å²) in [6.45, 7) is 0. The third-order valence-electron chi connectivity index (χ3n) is 11.5. The van der Waals surface area contributed by atoms with Crippen LogP contribution in [0.25, 0.3) is 60.9 Å². The van der Waals surface area contributed by atoms with Gasteiger partial charge in [-0.25, -0.2) is 4.98 Å². The van der Waals surface area contributed by atoms with Crippen LogP contribution >= 0.6 is 0 Å². The molecule has 54 heavy (non-hydrogen) atoms. The molecule has 252 valence electrons. The molecule has 0 bridgehead atoms. The summed E-state index contributed by atoms with van der Waals surface area (Å²) >= 11 is 0. The van der Waals surface area contributed by atoms with Crippen LogP contribution in [0.5, 0.6) is 5.75 Å². The molecule has 1 aliphatic heterocycles. The zero-order valence-corrected chi connectivity index (χ0v) is 29.3. The van der Waals surface area contributed by atoms with Gasteiger partial charge >= 0.3 is 0 Å². The number of nitrogens with zero attached hydrogens (tertiary/aromatic N) is 3. The molecule has 3 heterocycles. The van der Waals surface area contributed by atoms with Gasteiger partial charge in [0.2, 0.25) is 0 Å². The zero-order valence-electron chi connectivity index (χ0n) is 29.3. The van der Waals surface area contributed by atoms with E-state index in [0.717, 1.165) is 79.7 Å². The molecule has 0 unspecified atom stereocenters. The molecule has 0 amide bonds. The normalized spacial score (nSPS) is 14.8. The Morgan fingerprint density at radius 1 is 0.593 bits per heavy atom. The molecule has 0 radical (unpaired) electrons. The molecule has 6 aromatic carbocycles. The maximum atomic E-state index is 9.57. The topological polar surface area (TPSA) is 58.8 Å². The number of fused-ring (bicyclic) bond motifs is 11. The minimum absolute atomic E-state index is 0.474. The van der Waals surface area contributed by atoms with Crippen molar-refractivity contribution in [2.75, 3.05) is 0 Å². The molecule has 1 spiro atoms. The van der Waals surface area contributed by atoms with E-state index in [9.17, 15) is 5.26 Å². The van der Waals surface area contributed by atoms with Gasteiger partial charge in [0, 0.05) is 33.7 Å². The maximum absolute atomic E-state index is 9.57. The third-order valence-corrected chi connectivity index (χ3v) is 11.5. The second kappa shape index (κ2) is 11.7. The lowest BCUT2D eigenvalue weighted by Gasteiger charge is -2.43. The molecule has 0 atom stereocenters. The van der Waals surface area contributed by atoms with E-state index in [1.54, 1.807) is 0 Å². The number of hydrogen-bond donors (Lipinski definition) is 0. The Morgan fingerprint density at radius 2 is 1.26 bits per heavy atom. The smallest absolute Gasteiger partial charge is 0.135 e. The molecule has 0 N–H and O–H groups in total. The van der Waals surface area contributed by atoms with Crippen LogP contribution in [0, 0.1) is 11.3 Å². The largest absolute Gasteiger partial charge is 0.456 e. The zero-order chi connectivity index (χ0) is 35.8. The number of hydrogen-bond acceptors (Lipinski definition) is 4. The molecule has 11 rings (SSSR count). The Hall–Kier alpha value is -7.09. The van der Waals surface area contributed by atoms with Crippen LogP contribution in [0.1, 0.15) is 40.7 Å². The molecule has 3 aliphatic rings. The van der Waals surface area contributed by atoms with Gasteiger partial charge in [-0.05, 0) is 106 Å². The molecular weight excluding hydrogens is 659 g/mol. The van der Waals surface area contributed by atoms with E-state index in [4.69, 9.17) is 14.7 Å². The molecule has 4 heteroatoms. The number of allylic oxidation sites excluding steroid dienone is 3. The molecule has 0 saturated heterocycles. The SMILES string of the molecule is N#Cc1ccc(-c2cc(C3=CCCC4=C3Oc3ccccc3C43c4ccccc4-c4ccccc43)cc(-c3ccc4ccc5cccnc5c4n3)c2)cc1. The number of ether oxygens (including phenoxy) is 1. The van der Waals surface area contributed by atoms with E-state index in [1.165, 1.54) is 33.4 Å². The minimum Gasteiger partial charge on any atom is -0.456 e. The van der Waals surface area contributed by atoms with Crippen molar-refractivity contribution < 1.29 is 4.74 Å². The summed E-state index contributed by atoms with van der Waals surface area (Å²) in [6, 6.07) is 55.7.